The molecule has 2 aliphatic rings. The topological polar surface area (TPSA) is 61.4 Å². The molecule has 3 rings (SSSR count). The van der Waals surface area contributed by atoms with Crippen molar-refractivity contribution in [3.05, 3.63) is 35.9 Å². The molecule has 2 saturated heterocycles. The number of nitrogens with zero attached hydrogens (tertiary/aromatic N) is 1. The number of hydrogen-bond acceptors (Lipinski definition) is 3. The third-order valence-corrected chi connectivity index (χ3v) is 4.87. The fraction of sp³-hybridized carbons (Fsp3) is 0.556. The number of carbonyl (C=O) groups excluding carboxylic acids is 2. The SMILES string of the molecule is O=C1NCCN(C(=O)CCC2CCNCC2)C1c1ccccc1. The quantitative estimate of drug-likeness (QED) is 0.884. The number of benzene rings is 1. The third kappa shape index (κ3) is 3.91. The molecule has 2 aliphatic heterocycles. The highest BCUT2D eigenvalue weighted by atomic mass is 16.2. The van der Waals surface area contributed by atoms with Crippen molar-refractivity contribution in [1.82, 2.24) is 15.5 Å². The summed E-state index contributed by atoms with van der Waals surface area (Å²) < 4.78 is 0. The summed E-state index contributed by atoms with van der Waals surface area (Å²) in [5.74, 6) is 0.666. The number of rotatable bonds is 4. The molecule has 124 valence electrons. The van der Waals surface area contributed by atoms with Gasteiger partial charge < -0.3 is 15.5 Å². The van der Waals surface area contributed by atoms with Crippen LogP contribution in [0.2, 0.25) is 0 Å². The van der Waals surface area contributed by atoms with E-state index in [0.29, 0.717) is 25.4 Å². The van der Waals surface area contributed by atoms with E-state index in [1.807, 2.05) is 30.3 Å². The van der Waals surface area contributed by atoms with Crippen LogP contribution in [0, 0.1) is 5.92 Å². The molecule has 0 bridgehead atoms. The first-order valence-electron chi connectivity index (χ1n) is 8.58. The van der Waals surface area contributed by atoms with Gasteiger partial charge in [-0.3, -0.25) is 9.59 Å². The number of piperidine rings is 1. The molecule has 2 fully saturated rings. The Morgan fingerprint density at radius 1 is 1.13 bits per heavy atom. The fourth-order valence-electron chi connectivity index (χ4n) is 3.54. The molecule has 2 N–H and O–H groups in total. The number of carbonyl (C=O) groups is 2. The van der Waals surface area contributed by atoms with Gasteiger partial charge >= 0.3 is 0 Å². The van der Waals surface area contributed by atoms with Crippen LogP contribution in [0.1, 0.15) is 37.3 Å². The van der Waals surface area contributed by atoms with Crippen molar-refractivity contribution >= 4 is 11.8 Å². The molecule has 0 radical (unpaired) electrons. The summed E-state index contributed by atoms with van der Waals surface area (Å²) in [5, 5.41) is 6.23. The Kier molecular flexibility index (Phi) is 5.28. The summed E-state index contributed by atoms with van der Waals surface area (Å²) in [7, 11) is 0. The second-order valence-corrected chi connectivity index (χ2v) is 6.42. The molecule has 23 heavy (non-hydrogen) atoms. The molecule has 1 aromatic carbocycles. The fourth-order valence-corrected chi connectivity index (χ4v) is 3.54. The van der Waals surface area contributed by atoms with Gasteiger partial charge in [-0.15, -0.1) is 0 Å². The van der Waals surface area contributed by atoms with Gasteiger partial charge in [-0.05, 0) is 43.8 Å². The first-order chi connectivity index (χ1) is 11.3. The van der Waals surface area contributed by atoms with E-state index in [9.17, 15) is 9.59 Å². The van der Waals surface area contributed by atoms with E-state index < -0.39 is 6.04 Å². The molecule has 1 unspecified atom stereocenters. The van der Waals surface area contributed by atoms with Crippen LogP contribution in [0.15, 0.2) is 30.3 Å². The van der Waals surface area contributed by atoms with Gasteiger partial charge in [0.05, 0.1) is 0 Å². The highest BCUT2D eigenvalue weighted by Gasteiger charge is 2.34. The van der Waals surface area contributed by atoms with E-state index in [1.54, 1.807) is 4.90 Å². The molecule has 5 nitrogen and oxygen atoms in total. The minimum Gasteiger partial charge on any atom is -0.352 e. The molecule has 0 spiro atoms. The standard InChI is InChI=1S/C18H25N3O2/c22-16(7-6-14-8-10-19-11-9-14)21-13-12-20-18(23)17(21)15-4-2-1-3-5-15/h1-5,14,17,19H,6-13H2,(H,20,23). The van der Waals surface area contributed by atoms with Crippen molar-refractivity contribution in [3.8, 4) is 0 Å². The minimum atomic E-state index is -0.481. The van der Waals surface area contributed by atoms with Crippen LogP contribution in [0.25, 0.3) is 0 Å². The van der Waals surface area contributed by atoms with Gasteiger partial charge in [0.1, 0.15) is 6.04 Å². The highest BCUT2D eigenvalue weighted by Crippen LogP contribution is 2.25. The van der Waals surface area contributed by atoms with E-state index >= 15 is 0 Å². The lowest BCUT2D eigenvalue weighted by Gasteiger charge is -2.35. The third-order valence-electron chi connectivity index (χ3n) is 4.87. The van der Waals surface area contributed by atoms with Crippen molar-refractivity contribution < 1.29 is 9.59 Å². The van der Waals surface area contributed by atoms with Crippen LogP contribution >= 0.6 is 0 Å². The molecular weight excluding hydrogens is 290 g/mol. The summed E-state index contributed by atoms with van der Waals surface area (Å²) in [6, 6.07) is 9.10. The van der Waals surface area contributed by atoms with Crippen LogP contribution in [0.4, 0.5) is 0 Å². The molecule has 2 heterocycles. The van der Waals surface area contributed by atoms with Crippen molar-refractivity contribution in [2.45, 2.75) is 31.7 Å². The molecule has 2 amide bonds. The van der Waals surface area contributed by atoms with Crippen molar-refractivity contribution in [2.24, 2.45) is 5.92 Å². The van der Waals surface area contributed by atoms with Crippen LogP contribution < -0.4 is 10.6 Å². The minimum absolute atomic E-state index is 0.0716. The molecule has 0 aliphatic carbocycles. The predicted octanol–water partition coefficient (Wildman–Crippen LogP) is 1.47. The lowest BCUT2D eigenvalue weighted by Crippen LogP contribution is -2.52. The smallest absolute Gasteiger partial charge is 0.247 e. The molecule has 0 saturated carbocycles. The van der Waals surface area contributed by atoms with Crippen LogP contribution in [0.3, 0.4) is 0 Å². The van der Waals surface area contributed by atoms with Gasteiger partial charge in [0, 0.05) is 19.5 Å². The summed E-state index contributed by atoms with van der Waals surface area (Å²) in [6.07, 6.45) is 3.77. The first-order valence-corrected chi connectivity index (χ1v) is 8.58. The number of nitrogens with one attached hydrogen (secondary N) is 2. The van der Waals surface area contributed by atoms with Crippen LogP contribution in [-0.4, -0.2) is 42.9 Å². The zero-order valence-electron chi connectivity index (χ0n) is 13.5. The Labute approximate surface area is 137 Å². The monoisotopic (exact) mass is 315 g/mol. The molecule has 1 aromatic rings. The van der Waals surface area contributed by atoms with Crippen LogP contribution in [0.5, 0.6) is 0 Å². The number of piperazine rings is 1. The largest absolute Gasteiger partial charge is 0.352 e. The number of amides is 2. The van der Waals surface area contributed by atoms with E-state index in [0.717, 1.165) is 37.9 Å². The second-order valence-electron chi connectivity index (χ2n) is 6.42. The maximum Gasteiger partial charge on any atom is 0.247 e. The van der Waals surface area contributed by atoms with E-state index in [2.05, 4.69) is 10.6 Å². The summed E-state index contributed by atoms with van der Waals surface area (Å²) >= 11 is 0. The van der Waals surface area contributed by atoms with Crippen molar-refractivity contribution in [3.63, 3.8) is 0 Å². The van der Waals surface area contributed by atoms with Gasteiger partial charge in [-0.25, -0.2) is 0 Å². The normalized spacial score (nSPS) is 22.7. The van der Waals surface area contributed by atoms with E-state index in [-0.39, 0.29) is 11.8 Å². The van der Waals surface area contributed by atoms with E-state index in [4.69, 9.17) is 0 Å². The van der Waals surface area contributed by atoms with Crippen molar-refractivity contribution in [2.75, 3.05) is 26.2 Å². The number of hydrogen-bond donors (Lipinski definition) is 2. The zero-order valence-corrected chi connectivity index (χ0v) is 13.5. The average molecular weight is 315 g/mol. The Balaban J connectivity index is 1.65. The summed E-state index contributed by atoms with van der Waals surface area (Å²) in [4.78, 5) is 26.8. The summed E-state index contributed by atoms with van der Waals surface area (Å²) in [5.41, 5.74) is 0.889. The predicted molar refractivity (Wildman–Crippen MR) is 88.7 cm³/mol. The highest BCUT2D eigenvalue weighted by molar-refractivity contribution is 5.89. The Morgan fingerprint density at radius 2 is 1.87 bits per heavy atom. The Morgan fingerprint density at radius 3 is 2.61 bits per heavy atom. The van der Waals surface area contributed by atoms with E-state index in [1.165, 1.54) is 0 Å². The van der Waals surface area contributed by atoms with Gasteiger partial charge in [-0.1, -0.05) is 30.3 Å². The molecular formula is C18H25N3O2. The molecule has 5 heteroatoms. The average Bonchev–Trinajstić information content (AvgIpc) is 2.61. The molecule has 1 atom stereocenters. The van der Waals surface area contributed by atoms with Crippen molar-refractivity contribution in [1.29, 1.82) is 0 Å². The first kappa shape index (κ1) is 16.0. The maximum atomic E-state index is 12.7. The lowest BCUT2D eigenvalue weighted by molar-refractivity contribution is -0.143. The van der Waals surface area contributed by atoms with Gasteiger partial charge in [0.2, 0.25) is 11.8 Å². The molecule has 0 aromatic heterocycles. The van der Waals surface area contributed by atoms with Gasteiger partial charge in [0.25, 0.3) is 0 Å². The zero-order chi connectivity index (χ0) is 16.1. The second kappa shape index (κ2) is 7.59. The summed E-state index contributed by atoms with van der Waals surface area (Å²) in [6.45, 7) is 3.24. The lowest BCUT2D eigenvalue weighted by atomic mass is 9.92. The van der Waals surface area contributed by atoms with Gasteiger partial charge in [0.15, 0.2) is 0 Å². The maximum absolute atomic E-state index is 12.7. The van der Waals surface area contributed by atoms with Crippen LogP contribution in [-0.2, 0) is 9.59 Å². The Hall–Kier alpha value is -1.88. The Bertz CT molecular complexity index is 540. The van der Waals surface area contributed by atoms with Gasteiger partial charge in [-0.2, -0.15) is 0 Å².